The van der Waals surface area contributed by atoms with Gasteiger partial charge in [-0.2, -0.15) is 0 Å². The number of esters is 1. The first-order valence-corrected chi connectivity index (χ1v) is 6.83. The minimum absolute atomic E-state index is 0.266. The summed E-state index contributed by atoms with van der Waals surface area (Å²) in [5.41, 5.74) is 7.25. The van der Waals surface area contributed by atoms with Crippen molar-refractivity contribution in [2.45, 2.75) is 10.2 Å². The molecule has 0 saturated heterocycles. The lowest BCUT2D eigenvalue weighted by Crippen LogP contribution is -2.07. The van der Waals surface area contributed by atoms with Crippen LogP contribution in [0.2, 0.25) is 0 Å². The fourth-order valence-electron chi connectivity index (χ4n) is 1.80. The highest BCUT2D eigenvalue weighted by molar-refractivity contribution is 7.99. The topological polar surface area (TPSA) is 95.4 Å². The predicted octanol–water partition coefficient (Wildman–Crippen LogP) is 1.64. The summed E-state index contributed by atoms with van der Waals surface area (Å²) in [7, 11) is 1.31. The Morgan fingerprint density at radius 2 is 2.19 bits per heavy atom. The number of nitrogens with zero attached hydrogens (tertiary/aromatic N) is 4. The third-order valence-corrected chi connectivity index (χ3v) is 3.81. The molecule has 0 aliphatic heterocycles. The summed E-state index contributed by atoms with van der Waals surface area (Å²) in [6.45, 7) is 0. The highest BCUT2D eigenvalue weighted by atomic mass is 32.2. The van der Waals surface area contributed by atoms with E-state index in [0.29, 0.717) is 10.2 Å². The normalized spacial score (nSPS) is 10.7. The third kappa shape index (κ3) is 2.40. The molecule has 7 nitrogen and oxygen atoms in total. The largest absolute Gasteiger partial charge is 0.465 e. The standard InChI is InChI=1S/C13H11N5O2S/c1-20-12(19)8-5-6-15-11(10(8)14)21-13-17-16-9-4-2-3-7-18(9)13/h2-7H,14H2,1H3. The minimum Gasteiger partial charge on any atom is -0.465 e. The molecule has 3 aromatic heterocycles. The highest BCUT2D eigenvalue weighted by Crippen LogP contribution is 2.31. The molecule has 0 aliphatic carbocycles. The van der Waals surface area contributed by atoms with Crippen LogP contribution in [-0.2, 0) is 4.74 Å². The van der Waals surface area contributed by atoms with Gasteiger partial charge in [0.1, 0.15) is 5.03 Å². The number of hydrogen-bond acceptors (Lipinski definition) is 7. The number of anilines is 1. The second kappa shape index (κ2) is 5.41. The van der Waals surface area contributed by atoms with Gasteiger partial charge < -0.3 is 10.5 Å². The first-order chi connectivity index (χ1) is 10.2. The van der Waals surface area contributed by atoms with Crippen LogP contribution < -0.4 is 5.73 Å². The molecule has 0 radical (unpaired) electrons. The van der Waals surface area contributed by atoms with Gasteiger partial charge >= 0.3 is 5.97 Å². The van der Waals surface area contributed by atoms with E-state index >= 15 is 0 Å². The summed E-state index contributed by atoms with van der Waals surface area (Å²) in [6, 6.07) is 7.12. The average Bonchev–Trinajstić information content (AvgIpc) is 2.92. The molecule has 3 aromatic rings. The maximum absolute atomic E-state index is 11.6. The van der Waals surface area contributed by atoms with Crippen LogP contribution >= 0.6 is 11.8 Å². The Labute approximate surface area is 124 Å². The van der Waals surface area contributed by atoms with E-state index in [2.05, 4.69) is 19.9 Å². The Balaban J connectivity index is 2.00. The smallest absolute Gasteiger partial charge is 0.340 e. The zero-order valence-electron chi connectivity index (χ0n) is 11.1. The van der Waals surface area contributed by atoms with Gasteiger partial charge in [0, 0.05) is 12.4 Å². The molecule has 0 unspecified atom stereocenters. The van der Waals surface area contributed by atoms with Crippen molar-refractivity contribution in [3.05, 3.63) is 42.2 Å². The lowest BCUT2D eigenvalue weighted by atomic mass is 10.2. The molecule has 0 atom stereocenters. The maximum Gasteiger partial charge on any atom is 0.340 e. The molecule has 0 aliphatic rings. The van der Waals surface area contributed by atoms with E-state index in [4.69, 9.17) is 5.73 Å². The number of hydrogen-bond donors (Lipinski definition) is 1. The van der Waals surface area contributed by atoms with Crippen molar-refractivity contribution in [1.82, 2.24) is 19.6 Å². The van der Waals surface area contributed by atoms with Crippen LogP contribution in [0.4, 0.5) is 5.69 Å². The fourth-order valence-corrected chi connectivity index (χ4v) is 2.64. The van der Waals surface area contributed by atoms with Gasteiger partial charge in [-0.3, -0.25) is 4.40 Å². The molecule has 0 aromatic carbocycles. The van der Waals surface area contributed by atoms with Crippen molar-refractivity contribution in [3.8, 4) is 0 Å². The molecule has 106 valence electrons. The molecular formula is C13H11N5O2S. The Morgan fingerprint density at radius 3 is 3.00 bits per heavy atom. The van der Waals surface area contributed by atoms with E-state index in [-0.39, 0.29) is 11.3 Å². The van der Waals surface area contributed by atoms with Gasteiger partial charge in [0.05, 0.1) is 18.4 Å². The quantitative estimate of drug-likeness (QED) is 0.735. The molecule has 8 heteroatoms. The summed E-state index contributed by atoms with van der Waals surface area (Å²) in [5.74, 6) is -0.497. The Kier molecular flexibility index (Phi) is 3.44. The lowest BCUT2D eigenvalue weighted by Gasteiger charge is -2.07. The molecule has 21 heavy (non-hydrogen) atoms. The van der Waals surface area contributed by atoms with Crippen molar-refractivity contribution in [3.63, 3.8) is 0 Å². The average molecular weight is 301 g/mol. The van der Waals surface area contributed by atoms with E-state index in [9.17, 15) is 4.79 Å². The lowest BCUT2D eigenvalue weighted by molar-refractivity contribution is 0.0601. The van der Waals surface area contributed by atoms with Gasteiger partial charge in [-0.25, -0.2) is 9.78 Å². The molecule has 0 spiro atoms. The van der Waals surface area contributed by atoms with Crippen LogP contribution in [0.15, 0.2) is 46.8 Å². The van der Waals surface area contributed by atoms with Gasteiger partial charge in [0.25, 0.3) is 0 Å². The van der Waals surface area contributed by atoms with Gasteiger partial charge in [0.2, 0.25) is 5.16 Å². The number of nitrogens with two attached hydrogens (primary N) is 1. The van der Waals surface area contributed by atoms with E-state index in [1.54, 1.807) is 0 Å². The van der Waals surface area contributed by atoms with Crippen molar-refractivity contribution in [2.24, 2.45) is 0 Å². The molecule has 0 fully saturated rings. The number of methoxy groups -OCH3 is 1. The van der Waals surface area contributed by atoms with Crippen molar-refractivity contribution in [2.75, 3.05) is 12.8 Å². The Hall–Kier alpha value is -2.61. The first kappa shape index (κ1) is 13.4. The highest BCUT2D eigenvalue weighted by Gasteiger charge is 2.16. The van der Waals surface area contributed by atoms with E-state index in [1.807, 2.05) is 28.8 Å². The Bertz CT molecular complexity index is 817. The minimum atomic E-state index is -0.497. The summed E-state index contributed by atoms with van der Waals surface area (Å²) in [6.07, 6.45) is 3.35. The number of aromatic nitrogens is 4. The monoisotopic (exact) mass is 301 g/mol. The van der Waals surface area contributed by atoms with Gasteiger partial charge in [-0.15, -0.1) is 10.2 Å². The first-order valence-electron chi connectivity index (χ1n) is 6.01. The second-order valence-electron chi connectivity index (χ2n) is 4.08. The third-order valence-electron chi connectivity index (χ3n) is 2.83. The molecule has 0 bridgehead atoms. The molecule has 2 N–H and O–H groups in total. The van der Waals surface area contributed by atoms with E-state index in [1.165, 1.54) is 31.1 Å². The number of carbonyl (C=O) groups excluding carboxylic acids is 1. The van der Waals surface area contributed by atoms with E-state index < -0.39 is 5.97 Å². The number of nitrogen functional groups attached to an aromatic ring is 1. The SMILES string of the molecule is COC(=O)c1ccnc(Sc2nnc3ccccn23)c1N. The van der Waals surface area contributed by atoms with E-state index in [0.717, 1.165) is 5.65 Å². The van der Waals surface area contributed by atoms with Crippen LogP contribution in [0.25, 0.3) is 5.65 Å². The van der Waals surface area contributed by atoms with Crippen LogP contribution in [0.5, 0.6) is 0 Å². The number of rotatable bonds is 3. The Morgan fingerprint density at radius 1 is 1.33 bits per heavy atom. The van der Waals surface area contributed by atoms with Crippen molar-refractivity contribution < 1.29 is 9.53 Å². The summed E-state index contributed by atoms with van der Waals surface area (Å²) in [5, 5.41) is 9.24. The van der Waals surface area contributed by atoms with Crippen molar-refractivity contribution >= 4 is 29.1 Å². The maximum atomic E-state index is 11.6. The second-order valence-corrected chi connectivity index (χ2v) is 5.04. The van der Waals surface area contributed by atoms with Crippen LogP contribution in [0.1, 0.15) is 10.4 Å². The van der Waals surface area contributed by atoms with Gasteiger partial charge in [-0.05, 0) is 30.0 Å². The van der Waals surface area contributed by atoms with Crippen LogP contribution in [0.3, 0.4) is 0 Å². The number of carbonyl (C=O) groups is 1. The van der Waals surface area contributed by atoms with Crippen LogP contribution in [-0.4, -0.2) is 32.7 Å². The molecule has 0 saturated carbocycles. The molecule has 3 rings (SSSR count). The molecule has 3 heterocycles. The molecule has 0 amide bonds. The summed E-state index contributed by atoms with van der Waals surface area (Å²) in [4.78, 5) is 15.8. The number of ether oxygens (including phenoxy) is 1. The zero-order chi connectivity index (χ0) is 14.8. The fraction of sp³-hybridized carbons (Fsp3) is 0.0769. The summed E-state index contributed by atoms with van der Waals surface area (Å²) >= 11 is 1.24. The van der Waals surface area contributed by atoms with Crippen LogP contribution in [0, 0.1) is 0 Å². The summed E-state index contributed by atoms with van der Waals surface area (Å²) < 4.78 is 6.50. The molecular weight excluding hydrogens is 290 g/mol. The van der Waals surface area contributed by atoms with Crippen molar-refractivity contribution in [1.29, 1.82) is 0 Å². The zero-order valence-corrected chi connectivity index (χ0v) is 11.9. The predicted molar refractivity (Wildman–Crippen MR) is 77.1 cm³/mol. The van der Waals surface area contributed by atoms with Gasteiger partial charge in [0.15, 0.2) is 5.65 Å². The number of fused-ring (bicyclic) bond motifs is 1. The number of pyridine rings is 2. The van der Waals surface area contributed by atoms with Gasteiger partial charge in [-0.1, -0.05) is 6.07 Å².